The standard InChI is InChI=1S/C25H26N4/c1-27(2)20-10-14-22(15-11-20)29(23-16-12-21(13-17-23)28(3)4)24-9-5-7-19-8-6-18-26-25(19)24/h5-18H,1-4H3. The highest BCUT2D eigenvalue weighted by Crippen LogP contribution is 2.38. The fourth-order valence-electron chi connectivity index (χ4n) is 3.50. The maximum absolute atomic E-state index is 4.69. The van der Waals surface area contributed by atoms with Gasteiger partial charge in [-0.05, 0) is 60.7 Å². The van der Waals surface area contributed by atoms with Crippen LogP contribution >= 0.6 is 0 Å². The smallest absolute Gasteiger partial charge is 0.0942 e. The number of hydrogen-bond acceptors (Lipinski definition) is 4. The van der Waals surface area contributed by atoms with Gasteiger partial charge in [0.2, 0.25) is 0 Å². The van der Waals surface area contributed by atoms with Crippen LogP contribution in [-0.2, 0) is 0 Å². The second kappa shape index (κ2) is 7.84. The molecule has 0 N–H and O–H groups in total. The molecule has 1 aromatic heterocycles. The van der Waals surface area contributed by atoms with Crippen molar-refractivity contribution in [3.8, 4) is 0 Å². The fourth-order valence-corrected chi connectivity index (χ4v) is 3.50. The van der Waals surface area contributed by atoms with E-state index in [1.807, 2.05) is 12.3 Å². The van der Waals surface area contributed by atoms with E-state index < -0.39 is 0 Å². The van der Waals surface area contributed by atoms with Gasteiger partial charge in [-0.25, -0.2) is 0 Å². The van der Waals surface area contributed by atoms with Gasteiger partial charge >= 0.3 is 0 Å². The summed E-state index contributed by atoms with van der Waals surface area (Å²) in [5, 5.41) is 1.13. The first kappa shape index (κ1) is 18.8. The number of pyridine rings is 1. The Morgan fingerprint density at radius 1 is 0.552 bits per heavy atom. The molecule has 1 heterocycles. The normalized spacial score (nSPS) is 10.8. The molecule has 0 radical (unpaired) electrons. The van der Waals surface area contributed by atoms with Crippen molar-refractivity contribution in [1.82, 2.24) is 4.98 Å². The molecule has 0 saturated heterocycles. The van der Waals surface area contributed by atoms with Crippen molar-refractivity contribution in [3.63, 3.8) is 0 Å². The van der Waals surface area contributed by atoms with Crippen LogP contribution in [0.3, 0.4) is 0 Å². The zero-order valence-corrected chi connectivity index (χ0v) is 17.4. The van der Waals surface area contributed by atoms with Gasteiger partial charge in [-0.15, -0.1) is 0 Å². The molecular formula is C25H26N4. The lowest BCUT2D eigenvalue weighted by molar-refractivity contribution is 1.13. The second-order valence-corrected chi connectivity index (χ2v) is 7.51. The zero-order chi connectivity index (χ0) is 20.4. The summed E-state index contributed by atoms with van der Waals surface area (Å²) < 4.78 is 0. The third-order valence-electron chi connectivity index (χ3n) is 5.10. The molecular weight excluding hydrogens is 356 g/mol. The highest BCUT2D eigenvalue weighted by molar-refractivity contribution is 5.96. The lowest BCUT2D eigenvalue weighted by Crippen LogP contribution is -2.13. The molecule has 0 amide bonds. The Balaban J connectivity index is 1.89. The Morgan fingerprint density at radius 2 is 1.03 bits per heavy atom. The second-order valence-electron chi connectivity index (χ2n) is 7.51. The molecule has 4 rings (SSSR count). The molecule has 0 spiro atoms. The number of benzene rings is 3. The van der Waals surface area contributed by atoms with Crippen molar-refractivity contribution in [2.24, 2.45) is 0 Å². The van der Waals surface area contributed by atoms with Crippen molar-refractivity contribution in [1.29, 1.82) is 0 Å². The van der Waals surface area contributed by atoms with E-state index in [2.05, 4.69) is 121 Å². The van der Waals surface area contributed by atoms with Gasteiger partial charge < -0.3 is 14.7 Å². The predicted molar refractivity (Wildman–Crippen MR) is 125 cm³/mol. The molecule has 0 aliphatic rings. The SMILES string of the molecule is CN(C)c1ccc(N(c2ccc(N(C)C)cc2)c2cccc3cccnc23)cc1. The van der Waals surface area contributed by atoms with E-state index in [1.165, 1.54) is 11.4 Å². The van der Waals surface area contributed by atoms with Crippen LogP contribution in [0.25, 0.3) is 10.9 Å². The van der Waals surface area contributed by atoms with Gasteiger partial charge in [0.15, 0.2) is 0 Å². The number of anilines is 5. The van der Waals surface area contributed by atoms with E-state index in [-0.39, 0.29) is 0 Å². The minimum atomic E-state index is 0.989. The van der Waals surface area contributed by atoms with Gasteiger partial charge in [-0.3, -0.25) is 4.98 Å². The quantitative estimate of drug-likeness (QED) is 0.433. The molecule has 0 aliphatic heterocycles. The van der Waals surface area contributed by atoms with Gasteiger partial charge in [-0.1, -0.05) is 18.2 Å². The molecule has 29 heavy (non-hydrogen) atoms. The van der Waals surface area contributed by atoms with Crippen molar-refractivity contribution < 1.29 is 0 Å². The molecule has 0 aliphatic carbocycles. The van der Waals surface area contributed by atoms with Crippen molar-refractivity contribution in [2.75, 3.05) is 42.9 Å². The Labute approximate surface area is 172 Å². The monoisotopic (exact) mass is 382 g/mol. The lowest BCUT2D eigenvalue weighted by Gasteiger charge is -2.27. The minimum absolute atomic E-state index is 0.989. The summed E-state index contributed by atoms with van der Waals surface area (Å²) in [6.07, 6.45) is 1.86. The van der Waals surface area contributed by atoms with Gasteiger partial charge in [0.05, 0.1) is 11.2 Å². The highest BCUT2D eigenvalue weighted by Gasteiger charge is 2.16. The van der Waals surface area contributed by atoms with Crippen molar-refractivity contribution in [2.45, 2.75) is 0 Å². The first-order valence-corrected chi connectivity index (χ1v) is 9.73. The molecule has 0 atom stereocenters. The van der Waals surface area contributed by atoms with E-state index in [0.717, 1.165) is 28.0 Å². The van der Waals surface area contributed by atoms with Crippen LogP contribution in [0, 0.1) is 0 Å². The Kier molecular flexibility index (Phi) is 5.09. The highest BCUT2D eigenvalue weighted by atomic mass is 15.2. The number of fused-ring (bicyclic) bond motifs is 1. The molecule has 0 bridgehead atoms. The van der Waals surface area contributed by atoms with Crippen LogP contribution in [-0.4, -0.2) is 33.2 Å². The zero-order valence-electron chi connectivity index (χ0n) is 17.4. The largest absolute Gasteiger partial charge is 0.378 e. The molecule has 0 saturated carbocycles. The summed E-state index contributed by atoms with van der Waals surface area (Å²) in [6, 6.07) is 27.7. The number of para-hydroxylation sites is 1. The summed E-state index contributed by atoms with van der Waals surface area (Å²) in [6.45, 7) is 0. The van der Waals surface area contributed by atoms with Gasteiger partial charge in [0, 0.05) is 62.5 Å². The van der Waals surface area contributed by atoms with Crippen LogP contribution in [0.5, 0.6) is 0 Å². The molecule has 146 valence electrons. The average Bonchev–Trinajstić information content (AvgIpc) is 2.75. The first-order valence-electron chi connectivity index (χ1n) is 9.73. The summed E-state index contributed by atoms with van der Waals surface area (Å²) in [4.78, 5) is 11.2. The molecule has 3 aromatic carbocycles. The molecule has 0 unspecified atom stereocenters. The summed E-state index contributed by atoms with van der Waals surface area (Å²) >= 11 is 0. The molecule has 4 aromatic rings. The number of nitrogens with zero attached hydrogens (tertiary/aromatic N) is 4. The fraction of sp³-hybridized carbons (Fsp3) is 0.160. The van der Waals surface area contributed by atoms with E-state index in [0.29, 0.717) is 0 Å². The van der Waals surface area contributed by atoms with E-state index in [4.69, 9.17) is 0 Å². The maximum atomic E-state index is 4.69. The molecule has 4 nitrogen and oxygen atoms in total. The van der Waals surface area contributed by atoms with Crippen LogP contribution in [0.2, 0.25) is 0 Å². The Morgan fingerprint density at radius 3 is 1.55 bits per heavy atom. The van der Waals surface area contributed by atoms with Crippen molar-refractivity contribution in [3.05, 3.63) is 85.1 Å². The van der Waals surface area contributed by atoms with Crippen LogP contribution in [0.1, 0.15) is 0 Å². The van der Waals surface area contributed by atoms with Crippen LogP contribution in [0.4, 0.5) is 28.4 Å². The van der Waals surface area contributed by atoms with Crippen LogP contribution < -0.4 is 14.7 Å². The van der Waals surface area contributed by atoms with Crippen molar-refractivity contribution >= 4 is 39.3 Å². The van der Waals surface area contributed by atoms with E-state index in [9.17, 15) is 0 Å². The topological polar surface area (TPSA) is 22.6 Å². The van der Waals surface area contributed by atoms with Gasteiger partial charge in [0.1, 0.15) is 0 Å². The summed E-state index contributed by atoms with van der Waals surface area (Å²) in [5.74, 6) is 0. The summed E-state index contributed by atoms with van der Waals surface area (Å²) in [5.41, 5.74) is 6.61. The lowest BCUT2D eigenvalue weighted by atomic mass is 10.1. The predicted octanol–water partition coefficient (Wildman–Crippen LogP) is 5.84. The average molecular weight is 383 g/mol. The van der Waals surface area contributed by atoms with Crippen LogP contribution in [0.15, 0.2) is 85.1 Å². The third-order valence-corrected chi connectivity index (χ3v) is 5.10. The Bertz CT molecular complexity index is 1040. The maximum Gasteiger partial charge on any atom is 0.0942 e. The van der Waals surface area contributed by atoms with Gasteiger partial charge in [0.25, 0.3) is 0 Å². The van der Waals surface area contributed by atoms with E-state index in [1.54, 1.807) is 0 Å². The third kappa shape index (κ3) is 3.74. The molecule has 4 heteroatoms. The first-order chi connectivity index (χ1) is 14.0. The van der Waals surface area contributed by atoms with Gasteiger partial charge in [-0.2, -0.15) is 0 Å². The minimum Gasteiger partial charge on any atom is -0.378 e. The molecule has 0 fully saturated rings. The number of hydrogen-bond donors (Lipinski definition) is 0. The number of rotatable bonds is 5. The Hall–Kier alpha value is -3.53. The van der Waals surface area contributed by atoms with E-state index >= 15 is 0 Å². The number of aromatic nitrogens is 1. The summed E-state index contributed by atoms with van der Waals surface area (Å²) in [7, 11) is 8.23.